The molecule has 0 bridgehead atoms. The topological polar surface area (TPSA) is 61.5 Å². The van der Waals surface area contributed by atoms with Crippen molar-refractivity contribution in [3.05, 3.63) is 59.4 Å². The summed E-state index contributed by atoms with van der Waals surface area (Å²) in [6.07, 6.45) is 0. The Labute approximate surface area is 158 Å². The van der Waals surface area contributed by atoms with Crippen molar-refractivity contribution in [3.8, 4) is 5.75 Å². The molecule has 0 unspecified atom stereocenters. The van der Waals surface area contributed by atoms with Gasteiger partial charge in [-0.15, -0.1) is 0 Å². The number of nitrogens with one attached hydrogen (secondary N) is 1. The number of imidazole rings is 1. The van der Waals surface area contributed by atoms with Crippen molar-refractivity contribution in [2.24, 2.45) is 0 Å². The van der Waals surface area contributed by atoms with Crippen molar-refractivity contribution in [2.45, 2.75) is 13.5 Å². The lowest BCUT2D eigenvalue weighted by Crippen LogP contribution is -2.48. The van der Waals surface area contributed by atoms with E-state index >= 15 is 0 Å². The average molecular weight is 364 g/mol. The number of benzene rings is 2. The van der Waals surface area contributed by atoms with Crippen molar-refractivity contribution in [1.82, 2.24) is 19.8 Å². The SMILES string of the molecule is COc1ccc2nc(CN3CCN(C(=O)c4cccc(C)c4)CC3)[nH]c2c1. The fourth-order valence-electron chi connectivity index (χ4n) is 3.52. The highest BCUT2D eigenvalue weighted by Gasteiger charge is 2.22. The highest BCUT2D eigenvalue weighted by molar-refractivity contribution is 5.94. The first-order valence-corrected chi connectivity index (χ1v) is 9.23. The molecule has 1 aliphatic rings. The molecule has 2 aromatic carbocycles. The number of aromatic amines is 1. The van der Waals surface area contributed by atoms with Gasteiger partial charge in [-0.05, 0) is 31.2 Å². The van der Waals surface area contributed by atoms with Gasteiger partial charge in [0.1, 0.15) is 11.6 Å². The van der Waals surface area contributed by atoms with Gasteiger partial charge < -0.3 is 14.6 Å². The largest absolute Gasteiger partial charge is 0.497 e. The van der Waals surface area contributed by atoms with Crippen LogP contribution in [0.4, 0.5) is 0 Å². The summed E-state index contributed by atoms with van der Waals surface area (Å²) < 4.78 is 5.26. The minimum Gasteiger partial charge on any atom is -0.497 e. The summed E-state index contributed by atoms with van der Waals surface area (Å²) in [5.74, 6) is 1.88. The number of rotatable bonds is 4. The van der Waals surface area contributed by atoms with Crippen LogP contribution in [0.15, 0.2) is 42.5 Å². The number of aryl methyl sites for hydroxylation is 1. The van der Waals surface area contributed by atoms with Gasteiger partial charge >= 0.3 is 0 Å². The van der Waals surface area contributed by atoms with Gasteiger partial charge in [0.05, 0.1) is 24.7 Å². The lowest BCUT2D eigenvalue weighted by molar-refractivity contribution is 0.0626. The number of methoxy groups -OCH3 is 1. The molecule has 3 aromatic rings. The zero-order chi connectivity index (χ0) is 18.8. The minimum absolute atomic E-state index is 0.120. The van der Waals surface area contributed by atoms with Crippen molar-refractivity contribution < 1.29 is 9.53 Å². The Balaban J connectivity index is 1.37. The van der Waals surface area contributed by atoms with E-state index in [1.54, 1.807) is 7.11 Å². The minimum atomic E-state index is 0.120. The van der Waals surface area contributed by atoms with E-state index < -0.39 is 0 Å². The van der Waals surface area contributed by atoms with E-state index in [0.29, 0.717) is 0 Å². The maximum absolute atomic E-state index is 12.7. The average Bonchev–Trinajstić information content (AvgIpc) is 3.09. The Bertz CT molecular complexity index is 958. The number of hydrogen-bond donors (Lipinski definition) is 1. The van der Waals surface area contributed by atoms with Gasteiger partial charge in [-0.25, -0.2) is 4.98 Å². The van der Waals surface area contributed by atoms with Crippen molar-refractivity contribution in [3.63, 3.8) is 0 Å². The van der Waals surface area contributed by atoms with Crippen LogP contribution in [-0.2, 0) is 6.54 Å². The van der Waals surface area contributed by atoms with Crippen LogP contribution in [0.2, 0.25) is 0 Å². The number of piperazine rings is 1. The molecule has 140 valence electrons. The number of H-pyrrole nitrogens is 1. The zero-order valence-electron chi connectivity index (χ0n) is 15.7. The van der Waals surface area contributed by atoms with E-state index in [2.05, 4.69) is 14.9 Å². The summed E-state index contributed by atoms with van der Waals surface area (Å²) in [7, 11) is 1.66. The van der Waals surface area contributed by atoms with E-state index in [4.69, 9.17) is 4.74 Å². The van der Waals surface area contributed by atoms with Gasteiger partial charge in [0.25, 0.3) is 5.91 Å². The molecule has 6 nitrogen and oxygen atoms in total. The Kier molecular flexibility index (Phi) is 4.81. The Morgan fingerprint density at radius 2 is 1.96 bits per heavy atom. The molecule has 1 amide bonds. The predicted molar refractivity (Wildman–Crippen MR) is 105 cm³/mol. The number of carbonyl (C=O) groups is 1. The Hall–Kier alpha value is -2.86. The van der Waals surface area contributed by atoms with Crippen molar-refractivity contribution in [2.75, 3.05) is 33.3 Å². The number of hydrogen-bond acceptors (Lipinski definition) is 4. The summed E-state index contributed by atoms with van der Waals surface area (Å²) in [6.45, 7) is 5.93. The standard InChI is InChI=1S/C21H24N4O2/c1-15-4-3-5-16(12-15)21(26)25-10-8-24(9-11-25)14-20-22-18-7-6-17(27-2)13-19(18)23-20/h3-7,12-13H,8-11,14H2,1-2H3,(H,22,23). The Morgan fingerprint density at radius 1 is 1.15 bits per heavy atom. The lowest BCUT2D eigenvalue weighted by Gasteiger charge is -2.34. The number of nitrogens with zero attached hydrogens (tertiary/aromatic N) is 3. The molecule has 1 saturated heterocycles. The fraction of sp³-hybridized carbons (Fsp3) is 0.333. The molecule has 0 saturated carbocycles. The molecule has 1 N–H and O–H groups in total. The van der Waals surface area contributed by atoms with Crippen LogP contribution in [-0.4, -0.2) is 59.0 Å². The van der Waals surface area contributed by atoms with E-state index in [0.717, 1.165) is 66.5 Å². The molecule has 0 aliphatic carbocycles. The zero-order valence-corrected chi connectivity index (χ0v) is 15.7. The molecule has 4 rings (SSSR count). The predicted octanol–water partition coefficient (Wildman–Crippen LogP) is 2.84. The number of carbonyl (C=O) groups excluding carboxylic acids is 1. The lowest BCUT2D eigenvalue weighted by atomic mass is 10.1. The molecular weight excluding hydrogens is 340 g/mol. The molecule has 0 radical (unpaired) electrons. The van der Waals surface area contributed by atoms with Crippen LogP contribution >= 0.6 is 0 Å². The normalized spacial score (nSPS) is 15.3. The molecule has 1 aliphatic heterocycles. The molecule has 0 atom stereocenters. The van der Waals surface area contributed by atoms with E-state index in [9.17, 15) is 4.79 Å². The van der Waals surface area contributed by atoms with Gasteiger partial charge in [0.15, 0.2) is 0 Å². The van der Waals surface area contributed by atoms with Gasteiger partial charge in [-0.1, -0.05) is 17.7 Å². The first-order valence-electron chi connectivity index (χ1n) is 9.23. The first-order chi connectivity index (χ1) is 13.1. The third-order valence-electron chi connectivity index (χ3n) is 5.04. The van der Waals surface area contributed by atoms with E-state index in [-0.39, 0.29) is 5.91 Å². The number of ether oxygens (including phenoxy) is 1. The number of amides is 1. The van der Waals surface area contributed by atoms with Gasteiger partial charge in [-0.3, -0.25) is 9.69 Å². The molecule has 27 heavy (non-hydrogen) atoms. The number of aromatic nitrogens is 2. The number of fused-ring (bicyclic) bond motifs is 1. The highest BCUT2D eigenvalue weighted by atomic mass is 16.5. The molecule has 2 heterocycles. The molecule has 6 heteroatoms. The quantitative estimate of drug-likeness (QED) is 0.773. The molecule has 1 aromatic heterocycles. The fourth-order valence-corrected chi connectivity index (χ4v) is 3.52. The van der Waals surface area contributed by atoms with E-state index in [1.165, 1.54) is 0 Å². The maximum atomic E-state index is 12.7. The van der Waals surface area contributed by atoms with Gasteiger partial charge in [-0.2, -0.15) is 0 Å². The summed E-state index contributed by atoms with van der Waals surface area (Å²) in [5.41, 5.74) is 3.81. The van der Waals surface area contributed by atoms with Crippen LogP contribution in [0.1, 0.15) is 21.7 Å². The highest BCUT2D eigenvalue weighted by Crippen LogP contribution is 2.19. The monoisotopic (exact) mass is 364 g/mol. The second kappa shape index (κ2) is 7.40. The second-order valence-corrected chi connectivity index (χ2v) is 7.00. The van der Waals surface area contributed by atoms with Crippen LogP contribution < -0.4 is 4.74 Å². The third kappa shape index (κ3) is 3.80. The van der Waals surface area contributed by atoms with Crippen molar-refractivity contribution in [1.29, 1.82) is 0 Å². The summed E-state index contributed by atoms with van der Waals surface area (Å²) in [4.78, 5) is 25.0. The van der Waals surface area contributed by atoms with Crippen LogP contribution in [0, 0.1) is 6.92 Å². The molecule has 1 fully saturated rings. The van der Waals surface area contributed by atoms with E-state index in [1.807, 2.05) is 54.3 Å². The Morgan fingerprint density at radius 3 is 2.70 bits per heavy atom. The smallest absolute Gasteiger partial charge is 0.253 e. The molecule has 0 spiro atoms. The third-order valence-corrected chi connectivity index (χ3v) is 5.04. The second-order valence-electron chi connectivity index (χ2n) is 7.00. The maximum Gasteiger partial charge on any atom is 0.253 e. The summed E-state index contributed by atoms with van der Waals surface area (Å²) in [5, 5.41) is 0. The van der Waals surface area contributed by atoms with Crippen molar-refractivity contribution >= 4 is 16.9 Å². The summed E-state index contributed by atoms with van der Waals surface area (Å²) >= 11 is 0. The first kappa shape index (κ1) is 17.5. The van der Waals surface area contributed by atoms with Gasteiger partial charge in [0.2, 0.25) is 0 Å². The van der Waals surface area contributed by atoms with Crippen LogP contribution in [0.5, 0.6) is 5.75 Å². The van der Waals surface area contributed by atoms with Crippen LogP contribution in [0.3, 0.4) is 0 Å². The van der Waals surface area contributed by atoms with Crippen LogP contribution in [0.25, 0.3) is 11.0 Å². The molecular formula is C21H24N4O2. The summed E-state index contributed by atoms with van der Waals surface area (Å²) in [6, 6.07) is 13.6. The van der Waals surface area contributed by atoms with Gasteiger partial charge in [0, 0.05) is 37.8 Å².